The third-order valence-corrected chi connectivity index (χ3v) is 101. The fourth-order valence-electron chi connectivity index (χ4n) is 0.499. The minimum Gasteiger partial charge on any atom is 0 e. The van der Waals surface area contributed by atoms with Gasteiger partial charge in [-0.05, 0) is 0 Å². The average Bonchev–Trinajstić information content (AvgIpc) is 3.10. The van der Waals surface area contributed by atoms with Crippen LogP contribution in [0.15, 0.2) is 0 Å². The highest BCUT2D eigenvalue weighted by Gasteiger charge is 1.45. The quantitative estimate of drug-likeness (QED) is 0.333. The van der Waals surface area contributed by atoms with Crippen LogP contribution in [0, 0.1) is 0 Å². The van der Waals surface area contributed by atoms with Crippen LogP contribution >= 0.6 is 0 Å². The van der Waals surface area contributed by atoms with E-state index in [0.29, 0.717) is 0 Å². The van der Waals surface area contributed by atoms with Crippen molar-refractivity contribution in [2.75, 3.05) is 0 Å². The molecule has 0 fully saturated rings. The molecule has 48 heavy (non-hydrogen) atoms. The van der Waals surface area contributed by atoms with Gasteiger partial charge in [0.1, 0.15) is 0 Å². The molecular formula is S48. The van der Waals surface area contributed by atoms with Crippen LogP contribution in [0.1, 0.15) is 0 Å². The van der Waals surface area contributed by atoms with Crippen molar-refractivity contribution in [2.45, 2.75) is 0 Å². The van der Waals surface area contributed by atoms with Crippen molar-refractivity contribution < 1.29 is 0 Å². The first-order valence-corrected chi connectivity index (χ1v) is 70.5. The molecule has 48 heteroatoms. The normalized spacial score (nSPS) is 7.75. The van der Waals surface area contributed by atoms with Gasteiger partial charge >= 0.3 is 0 Å². The smallest absolute Gasteiger partial charge is 0 e. The SMILES string of the molecule is S=S=S=S=S=S=S=S=S=S=S=S=S=S=S=S=S=S=S=S=S=S=S=S=S=S=S=S=S=S=S=S=S=S=S=S=S=S=S=S=S=S=S=S=S=S=S=S. The summed E-state index contributed by atoms with van der Waals surface area (Å²) in [6, 6.07) is 0. The molecule has 0 nitrogen and oxygen atoms in total. The summed E-state index contributed by atoms with van der Waals surface area (Å²) < 4.78 is 0. The minimum absolute atomic E-state index is 1.37. The second kappa shape index (κ2) is 57.6. The van der Waals surface area contributed by atoms with Crippen LogP contribution in [0.25, 0.3) is 0 Å². The van der Waals surface area contributed by atoms with Gasteiger partial charge in [-0.25, -0.2) is 0 Å². The van der Waals surface area contributed by atoms with Gasteiger partial charge in [-0.1, -0.05) is 0 Å². The van der Waals surface area contributed by atoms with Gasteiger partial charge in [0, 0.05) is 431 Å². The van der Waals surface area contributed by atoms with E-state index in [-0.39, 0.29) is 0 Å². The number of hydrogen-bond acceptors (Lipinski definition) is 2. The van der Waals surface area contributed by atoms with Crippen LogP contribution in [0.4, 0.5) is 0 Å². The fourth-order valence-corrected chi connectivity index (χ4v) is 121. The molecule has 288 valence electrons. The molecule has 0 atom stereocenters. The van der Waals surface area contributed by atoms with E-state index in [0.717, 1.165) is 0 Å². The summed E-state index contributed by atoms with van der Waals surface area (Å²) in [6.07, 6.45) is 0. The Hall–Kier alpha value is 10.6. The summed E-state index contributed by atoms with van der Waals surface area (Å²) in [5.41, 5.74) is 0. The summed E-state index contributed by atoms with van der Waals surface area (Å²) in [5.74, 6) is 0. The van der Waals surface area contributed by atoms with E-state index in [1.54, 1.807) is 107 Å². The summed E-state index contributed by atoms with van der Waals surface area (Å²) in [6.45, 7) is 0. The highest BCUT2D eigenvalue weighted by molar-refractivity contribution is 8.82. The predicted octanol–water partition coefficient (Wildman–Crippen LogP) is -0.115. The molecule has 0 bridgehead atoms. The van der Waals surface area contributed by atoms with Gasteiger partial charge in [0.05, 0.1) is 0 Å². The second-order valence-electron chi connectivity index (χ2n) is 3.13. The van der Waals surface area contributed by atoms with E-state index in [1.165, 1.54) is 17.8 Å². The highest BCUT2D eigenvalue weighted by atomic mass is 33.5. The topological polar surface area (TPSA) is 0 Å². The third-order valence-electron chi connectivity index (χ3n) is 1.25. The molecule has 0 aliphatic rings. The number of hydrogen-bond donors (Lipinski definition) is 0. The van der Waals surface area contributed by atoms with Crippen molar-refractivity contribution in [3.63, 3.8) is 0 Å². The molecule has 0 heterocycles. The lowest BCUT2D eigenvalue weighted by atomic mass is 30.7. The van der Waals surface area contributed by atoms with Crippen LogP contribution in [-0.4, -0.2) is 0 Å². The predicted molar refractivity (Wildman–Crippen MR) is 354 cm³/mol. The van der Waals surface area contributed by atoms with Gasteiger partial charge in [-0.2, -0.15) is 0 Å². The molecule has 0 aromatic carbocycles. The minimum atomic E-state index is 1.37. The maximum absolute atomic E-state index is 4.81. The molecule has 0 rings (SSSR count). The monoisotopic (exact) mass is 1530 g/mol. The second-order valence-corrected chi connectivity index (χ2v) is 84.5. The maximum Gasteiger partial charge on any atom is 0 e. The zero-order chi connectivity index (χ0) is 34.5. The van der Waals surface area contributed by atoms with Gasteiger partial charge in [-0.3, -0.25) is 0 Å². The Balaban J connectivity index is 6.07. The van der Waals surface area contributed by atoms with E-state index in [4.69, 9.17) is 22.4 Å². The number of rotatable bonds is 0. The summed E-state index contributed by atoms with van der Waals surface area (Å²) in [4.78, 5) is 0. The Morgan fingerprint density at radius 2 is 0.167 bits per heavy atom. The molecule has 0 radical (unpaired) electrons. The van der Waals surface area contributed by atoms with E-state index in [1.807, 2.05) is 284 Å². The first-order chi connectivity index (χ1) is 23.9. The molecule has 0 amide bonds. The summed E-state index contributed by atoms with van der Waals surface area (Å²) >= 11 is 9.62. The molecule has 0 N–H and O–H groups in total. The molecule has 0 unspecified atom stereocenters. The standard InChI is InChI=1S/S48/c1-3-5-7-9-11-13-15-17-19-21-23-25-27-29-31-33-35-37-39-41-43-45-47-48-46-44-42-40-38-36-34-32-30-28-26-24-22-20-18-16-14-12-10-8-6-4-2. The van der Waals surface area contributed by atoms with Crippen LogP contribution < -0.4 is 0 Å². The molecule has 0 saturated carbocycles. The van der Waals surface area contributed by atoms with Crippen LogP contribution in [-0.2, 0) is 431 Å². The van der Waals surface area contributed by atoms with Crippen molar-refractivity contribution in [1.82, 2.24) is 0 Å². The zero-order valence-corrected chi connectivity index (χ0v) is 58.8. The van der Waals surface area contributed by atoms with Gasteiger partial charge in [0.2, 0.25) is 0 Å². The van der Waals surface area contributed by atoms with Crippen molar-refractivity contribution in [1.29, 1.82) is 0 Å². The lowest BCUT2D eigenvalue weighted by Gasteiger charge is -1.41. The van der Waals surface area contributed by atoms with Crippen LogP contribution in [0.5, 0.6) is 0 Å². The molecule has 0 spiro atoms. The summed E-state index contributed by atoms with van der Waals surface area (Å²) in [7, 11) is 82.0. The third kappa shape index (κ3) is 56.6. The summed E-state index contributed by atoms with van der Waals surface area (Å²) in [5, 5.41) is 0. The van der Waals surface area contributed by atoms with E-state index in [2.05, 4.69) is 0 Å². The van der Waals surface area contributed by atoms with Gasteiger partial charge < -0.3 is 0 Å². The van der Waals surface area contributed by atoms with Gasteiger partial charge in [-0.15, -0.1) is 0 Å². The molecular weight excluding hydrogens is 1540 g/mol. The van der Waals surface area contributed by atoms with E-state index in [9.17, 15) is 0 Å². The van der Waals surface area contributed by atoms with Crippen molar-refractivity contribution in [2.24, 2.45) is 0 Å². The fraction of sp³-hybridized carbons (Fsp3) is 0. The molecule has 0 aromatic rings. The molecule has 0 saturated heterocycles. The first kappa shape index (κ1) is 58.6. The Bertz CT molecular complexity index is 3030. The van der Waals surface area contributed by atoms with Gasteiger partial charge in [0.15, 0.2) is 0 Å². The van der Waals surface area contributed by atoms with E-state index >= 15 is 0 Å². The Morgan fingerprint density at radius 1 is 0.104 bits per heavy atom. The van der Waals surface area contributed by atoms with Crippen molar-refractivity contribution >= 4 is 431 Å². The molecule has 0 aromatic heterocycles. The largest absolute Gasteiger partial charge is 0 e. The highest BCUT2D eigenvalue weighted by Crippen LogP contribution is 1.45. The average molecular weight is 1540 g/mol. The lowest BCUT2D eigenvalue weighted by Crippen LogP contribution is -1.41. The molecule has 0 aliphatic carbocycles. The Kier molecular flexibility index (Phi) is 70.2. The Morgan fingerprint density at radius 3 is 0.229 bits per heavy atom. The Labute approximate surface area is 418 Å². The van der Waals surface area contributed by atoms with Crippen molar-refractivity contribution in [3.8, 4) is 0 Å². The van der Waals surface area contributed by atoms with Crippen molar-refractivity contribution in [3.05, 3.63) is 0 Å². The molecule has 0 aliphatic heterocycles. The van der Waals surface area contributed by atoms with Crippen LogP contribution in [0.3, 0.4) is 0 Å². The first-order valence-electron chi connectivity index (χ1n) is 7.83. The van der Waals surface area contributed by atoms with Crippen LogP contribution in [0.2, 0.25) is 0 Å². The zero-order valence-electron chi connectivity index (χ0n) is 19.6. The maximum atomic E-state index is 4.81. The lowest BCUT2D eigenvalue weighted by molar-refractivity contribution is 5.95. The van der Waals surface area contributed by atoms with E-state index < -0.39 is 0 Å². The van der Waals surface area contributed by atoms with Gasteiger partial charge in [0.25, 0.3) is 0 Å².